The summed E-state index contributed by atoms with van der Waals surface area (Å²) >= 11 is 0. The first-order valence-corrected chi connectivity index (χ1v) is 5.39. The first-order valence-electron chi connectivity index (χ1n) is 5.39. The molecule has 0 heterocycles. The highest BCUT2D eigenvalue weighted by Gasteiger charge is 2.09. The smallest absolute Gasteiger partial charge is 0.191 e. The van der Waals surface area contributed by atoms with Gasteiger partial charge in [0.15, 0.2) is 5.96 Å². The highest BCUT2D eigenvalue weighted by molar-refractivity contribution is 5.79. The molecule has 0 aliphatic heterocycles. The summed E-state index contributed by atoms with van der Waals surface area (Å²) in [7, 11) is 1.76. The Kier molecular flexibility index (Phi) is 5.39. The Morgan fingerprint density at radius 1 is 1.53 bits per heavy atom. The van der Waals surface area contributed by atoms with Gasteiger partial charge in [0.25, 0.3) is 0 Å². The number of terminal acetylenes is 1. The third-order valence-electron chi connectivity index (χ3n) is 2.52. The molecule has 0 aromatic carbocycles. The molecule has 1 unspecified atom stereocenters. The summed E-state index contributed by atoms with van der Waals surface area (Å²) in [6.45, 7) is 1.48. The number of guanidine groups is 1. The normalized spacial score (nSPS) is 20.8. The van der Waals surface area contributed by atoms with Crippen LogP contribution in [0.3, 0.4) is 0 Å². The van der Waals surface area contributed by atoms with Crippen LogP contribution in [0.4, 0.5) is 0 Å². The van der Waals surface area contributed by atoms with Crippen molar-refractivity contribution in [1.82, 2.24) is 10.6 Å². The lowest BCUT2D eigenvalue weighted by Gasteiger charge is -2.19. The second kappa shape index (κ2) is 6.94. The Morgan fingerprint density at radius 2 is 2.40 bits per heavy atom. The maximum Gasteiger partial charge on any atom is 0.191 e. The third kappa shape index (κ3) is 4.55. The average Bonchev–Trinajstić information content (AvgIpc) is 2.31. The van der Waals surface area contributed by atoms with Gasteiger partial charge in [-0.15, -0.1) is 6.42 Å². The van der Waals surface area contributed by atoms with Gasteiger partial charge in [-0.05, 0) is 25.2 Å². The van der Waals surface area contributed by atoms with Crippen molar-refractivity contribution in [3.8, 4) is 12.3 Å². The number of nitrogens with zero attached hydrogens (tertiary/aromatic N) is 1. The van der Waals surface area contributed by atoms with Crippen molar-refractivity contribution >= 4 is 5.96 Å². The van der Waals surface area contributed by atoms with Gasteiger partial charge in [-0.3, -0.25) is 4.99 Å². The van der Waals surface area contributed by atoms with E-state index in [2.05, 4.69) is 33.7 Å². The van der Waals surface area contributed by atoms with Crippen LogP contribution in [-0.2, 0) is 0 Å². The summed E-state index contributed by atoms with van der Waals surface area (Å²) in [5, 5.41) is 6.33. The zero-order chi connectivity index (χ0) is 10.9. The molecule has 0 saturated heterocycles. The van der Waals surface area contributed by atoms with Crippen LogP contribution in [0.2, 0.25) is 0 Å². The second-order valence-corrected chi connectivity index (χ2v) is 3.66. The minimum absolute atomic E-state index is 0.518. The molecule has 1 rings (SSSR count). The Balaban J connectivity index is 2.22. The molecule has 0 bridgehead atoms. The van der Waals surface area contributed by atoms with Crippen molar-refractivity contribution in [2.24, 2.45) is 10.9 Å². The summed E-state index contributed by atoms with van der Waals surface area (Å²) in [6, 6.07) is 0. The molecule has 82 valence electrons. The molecule has 1 atom stereocenters. The Hall–Kier alpha value is -1.43. The molecule has 3 heteroatoms. The molecule has 0 aromatic heterocycles. The molecular formula is C12H19N3. The molecule has 1 aliphatic rings. The Morgan fingerprint density at radius 3 is 3.00 bits per heavy atom. The third-order valence-corrected chi connectivity index (χ3v) is 2.52. The highest BCUT2D eigenvalue weighted by Crippen LogP contribution is 2.16. The van der Waals surface area contributed by atoms with E-state index >= 15 is 0 Å². The molecule has 0 spiro atoms. The van der Waals surface area contributed by atoms with Crippen LogP contribution < -0.4 is 10.6 Å². The van der Waals surface area contributed by atoms with E-state index in [1.54, 1.807) is 7.05 Å². The molecule has 0 saturated carbocycles. The number of nitrogens with one attached hydrogen (secondary N) is 2. The van der Waals surface area contributed by atoms with Gasteiger partial charge < -0.3 is 10.6 Å². The molecule has 0 radical (unpaired) electrons. The average molecular weight is 205 g/mol. The molecule has 3 nitrogen and oxygen atoms in total. The molecule has 2 N–H and O–H groups in total. The van der Waals surface area contributed by atoms with E-state index in [1.165, 1.54) is 19.3 Å². The summed E-state index contributed by atoms with van der Waals surface area (Å²) in [5.74, 6) is 4.04. The molecular weight excluding hydrogens is 186 g/mol. The quantitative estimate of drug-likeness (QED) is 0.314. The lowest BCUT2D eigenvalue weighted by atomic mass is 9.94. The van der Waals surface area contributed by atoms with E-state index in [1.807, 2.05) is 0 Å². The summed E-state index contributed by atoms with van der Waals surface area (Å²) in [5.41, 5.74) is 0. The van der Waals surface area contributed by atoms with Gasteiger partial charge in [0.1, 0.15) is 0 Å². The number of hydrogen-bond acceptors (Lipinski definition) is 1. The monoisotopic (exact) mass is 205 g/mol. The number of aliphatic imine (C=N–C) groups is 1. The number of allylic oxidation sites excluding steroid dienone is 2. The van der Waals surface area contributed by atoms with Gasteiger partial charge in [-0.25, -0.2) is 0 Å². The predicted molar refractivity (Wildman–Crippen MR) is 64.7 cm³/mol. The topological polar surface area (TPSA) is 36.4 Å². The maximum atomic E-state index is 5.17. The van der Waals surface area contributed by atoms with E-state index in [0.29, 0.717) is 6.54 Å². The second-order valence-electron chi connectivity index (χ2n) is 3.66. The minimum Gasteiger partial charge on any atom is -0.356 e. The predicted octanol–water partition coefficient (Wildman–Crippen LogP) is 1.14. The van der Waals surface area contributed by atoms with Gasteiger partial charge in [-0.2, -0.15) is 0 Å². The van der Waals surface area contributed by atoms with Crippen LogP contribution in [0.25, 0.3) is 0 Å². The van der Waals surface area contributed by atoms with Crippen molar-refractivity contribution in [1.29, 1.82) is 0 Å². The van der Waals surface area contributed by atoms with Crippen molar-refractivity contribution in [2.75, 3.05) is 20.1 Å². The number of rotatable bonds is 3. The van der Waals surface area contributed by atoms with Crippen LogP contribution in [0.1, 0.15) is 19.3 Å². The highest BCUT2D eigenvalue weighted by atomic mass is 15.2. The van der Waals surface area contributed by atoms with Crippen LogP contribution in [0, 0.1) is 18.3 Å². The summed E-state index contributed by atoms with van der Waals surface area (Å²) < 4.78 is 0. The van der Waals surface area contributed by atoms with Crippen molar-refractivity contribution in [3.63, 3.8) is 0 Å². The van der Waals surface area contributed by atoms with Crippen LogP contribution in [0.5, 0.6) is 0 Å². The molecule has 0 amide bonds. The zero-order valence-corrected chi connectivity index (χ0v) is 9.29. The van der Waals surface area contributed by atoms with Crippen LogP contribution >= 0.6 is 0 Å². The maximum absolute atomic E-state index is 5.17. The van der Waals surface area contributed by atoms with E-state index in [9.17, 15) is 0 Å². The first kappa shape index (κ1) is 11.6. The SMILES string of the molecule is C#CCNC(=NC)NCC1CC=CCC1. The fourth-order valence-electron chi connectivity index (χ4n) is 1.64. The molecule has 0 aromatic rings. The lowest BCUT2D eigenvalue weighted by molar-refractivity contribution is 0.470. The van der Waals surface area contributed by atoms with Gasteiger partial charge in [0.05, 0.1) is 6.54 Å². The standard InChI is InChI=1S/C12H19N3/c1-3-9-14-12(13-2)15-10-11-7-5-4-6-8-11/h1,4-5,11H,6-10H2,2H3,(H2,13,14,15). The van der Waals surface area contributed by atoms with Gasteiger partial charge in [0, 0.05) is 13.6 Å². The van der Waals surface area contributed by atoms with Gasteiger partial charge in [-0.1, -0.05) is 18.1 Å². The van der Waals surface area contributed by atoms with E-state index < -0.39 is 0 Å². The van der Waals surface area contributed by atoms with Gasteiger partial charge in [0.2, 0.25) is 0 Å². The lowest BCUT2D eigenvalue weighted by Crippen LogP contribution is -2.40. The van der Waals surface area contributed by atoms with E-state index in [4.69, 9.17) is 6.42 Å². The molecule has 15 heavy (non-hydrogen) atoms. The minimum atomic E-state index is 0.518. The summed E-state index contributed by atoms with van der Waals surface area (Å²) in [6.07, 6.45) is 13.3. The van der Waals surface area contributed by atoms with Crippen molar-refractivity contribution < 1.29 is 0 Å². The Labute approximate surface area is 92.1 Å². The number of hydrogen-bond donors (Lipinski definition) is 2. The van der Waals surface area contributed by atoms with Crippen molar-refractivity contribution in [2.45, 2.75) is 19.3 Å². The molecule has 1 aliphatic carbocycles. The Bertz CT molecular complexity index is 273. The fraction of sp³-hybridized carbons (Fsp3) is 0.583. The van der Waals surface area contributed by atoms with Crippen molar-refractivity contribution in [3.05, 3.63) is 12.2 Å². The largest absolute Gasteiger partial charge is 0.356 e. The summed E-state index contributed by atoms with van der Waals surface area (Å²) in [4.78, 5) is 4.09. The fourth-order valence-corrected chi connectivity index (χ4v) is 1.64. The van der Waals surface area contributed by atoms with E-state index in [-0.39, 0.29) is 0 Å². The first-order chi connectivity index (χ1) is 7.36. The van der Waals surface area contributed by atoms with Gasteiger partial charge >= 0.3 is 0 Å². The van der Waals surface area contributed by atoms with E-state index in [0.717, 1.165) is 18.4 Å². The zero-order valence-electron chi connectivity index (χ0n) is 9.29. The van der Waals surface area contributed by atoms with Crippen LogP contribution in [-0.4, -0.2) is 26.1 Å². The van der Waals surface area contributed by atoms with Crippen LogP contribution in [0.15, 0.2) is 17.1 Å². The molecule has 0 fully saturated rings.